The lowest BCUT2D eigenvalue weighted by molar-refractivity contribution is -0.383. The predicted molar refractivity (Wildman–Crippen MR) is 80.4 cm³/mol. The molecule has 0 atom stereocenters. The molecule has 7 heteroatoms. The number of nitrogens with two attached hydrogens (primary N) is 1. The first-order chi connectivity index (χ1) is 9.65. The summed E-state index contributed by atoms with van der Waals surface area (Å²) in [6, 6.07) is 4.99. The van der Waals surface area contributed by atoms with Crippen molar-refractivity contribution < 1.29 is 4.92 Å². The summed E-state index contributed by atoms with van der Waals surface area (Å²) in [6.45, 7) is 0. The third-order valence-corrected chi connectivity index (χ3v) is 3.59. The number of anilines is 1. The molecule has 0 fully saturated rings. The average Bonchev–Trinajstić information content (AvgIpc) is 3.02. The number of H-pyrrole nitrogens is 1. The highest BCUT2D eigenvalue weighted by molar-refractivity contribution is 7.13. The molecule has 0 aliphatic carbocycles. The Bertz CT molecular complexity index is 819. The Balaban J connectivity index is 2.03. The van der Waals surface area contributed by atoms with Crippen LogP contribution < -0.4 is 5.73 Å². The molecule has 2 heterocycles. The van der Waals surface area contributed by atoms with Gasteiger partial charge in [-0.2, -0.15) is 0 Å². The quantitative estimate of drug-likeness (QED) is 0.570. The van der Waals surface area contributed by atoms with Crippen molar-refractivity contribution in [2.24, 2.45) is 0 Å². The molecule has 1 aromatic carbocycles. The molecule has 0 bridgehead atoms. The van der Waals surface area contributed by atoms with Gasteiger partial charge in [0.25, 0.3) is 5.69 Å². The lowest BCUT2D eigenvalue weighted by Crippen LogP contribution is -1.88. The Morgan fingerprint density at radius 2 is 2.25 bits per heavy atom. The molecule has 0 radical (unpaired) electrons. The first-order valence-corrected chi connectivity index (χ1v) is 6.66. The topological polar surface area (TPSA) is 97.8 Å². The van der Waals surface area contributed by atoms with Crippen LogP contribution in [0.5, 0.6) is 0 Å². The number of nitro groups is 1. The molecule has 3 N–H and O–H groups in total. The second-order valence-corrected chi connectivity index (χ2v) is 5.03. The standard InChI is InChI=1S/C13H10N4O2S/c14-13-16-9(7-20-13)5-4-8-6-15-12-10(8)2-1-3-11(12)17(18)19/h1-7,15H,(H2,14,16)/b5-4+. The van der Waals surface area contributed by atoms with Crippen molar-refractivity contribution in [1.29, 1.82) is 0 Å². The Hall–Kier alpha value is -2.67. The first kappa shape index (κ1) is 12.4. The van der Waals surface area contributed by atoms with Gasteiger partial charge in [-0.1, -0.05) is 18.2 Å². The molecule has 0 saturated carbocycles. The molecule has 0 aliphatic heterocycles. The molecule has 2 aromatic heterocycles. The highest BCUT2D eigenvalue weighted by atomic mass is 32.1. The minimum atomic E-state index is -0.395. The van der Waals surface area contributed by atoms with E-state index >= 15 is 0 Å². The number of hydrogen-bond acceptors (Lipinski definition) is 5. The van der Waals surface area contributed by atoms with E-state index in [0.717, 1.165) is 16.6 Å². The Labute approximate surface area is 117 Å². The zero-order valence-corrected chi connectivity index (χ0v) is 11.1. The fourth-order valence-corrected chi connectivity index (χ4v) is 2.53. The van der Waals surface area contributed by atoms with Gasteiger partial charge in [-0.15, -0.1) is 11.3 Å². The van der Waals surface area contributed by atoms with Gasteiger partial charge in [0.05, 0.1) is 10.6 Å². The number of nitro benzene ring substituents is 1. The molecule has 3 aromatic rings. The summed E-state index contributed by atoms with van der Waals surface area (Å²) < 4.78 is 0. The SMILES string of the molecule is Nc1nc(/C=C/c2c[nH]c3c([N+](=O)[O-])cccc23)cs1. The predicted octanol–water partition coefficient (Wildman–Crippen LogP) is 3.29. The van der Waals surface area contributed by atoms with Crippen molar-refractivity contribution in [3.05, 3.63) is 51.1 Å². The Morgan fingerprint density at radius 3 is 2.95 bits per heavy atom. The fraction of sp³-hybridized carbons (Fsp3) is 0. The number of non-ortho nitro benzene ring substituents is 1. The van der Waals surface area contributed by atoms with Crippen LogP contribution in [0.25, 0.3) is 23.1 Å². The number of thiazole rings is 1. The van der Waals surface area contributed by atoms with Gasteiger partial charge in [-0.25, -0.2) is 4.98 Å². The maximum atomic E-state index is 11.0. The van der Waals surface area contributed by atoms with Crippen LogP contribution in [-0.2, 0) is 0 Å². The van der Waals surface area contributed by atoms with Crippen molar-refractivity contribution in [2.75, 3.05) is 5.73 Å². The second-order valence-electron chi connectivity index (χ2n) is 4.14. The van der Waals surface area contributed by atoms with Gasteiger partial charge in [-0.05, 0) is 6.08 Å². The zero-order valence-electron chi connectivity index (χ0n) is 10.2. The van der Waals surface area contributed by atoms with Gasteiger partial charge in [0.2, 0.25) is 0 Å². The van der Waals surface area contributed by atoms with Crippen LogP contribution in [0.15, 0.2) is 29.8 Å². The largest absolute Gasteiger partial charge is 0.375 e. The van der Waals surface area contributed by atoms with Crippen LogP contribution in [0, 0.1) is 10.1 Å². The summed E-state index contributed by atoms with van der Waals surface area (Å²) >= 11 is 1.37. The summed E-state index contributed by atoms with van der Waals surface area (Å²) in [5.41, 5.74) is 7.80. The number of aromatic nitrogens is 2. The smallest absolute Gasteiger partial charge is 0.293 e. The molecule has 0 amide bonds. The lowest BCUT2D eigenvalue weighted by Gasteiger charge is -1.94. The lowest BCUT2D eigenvalue weighted by atomic mass is 10.1. The molecular formula is C13H10N4O2S. The number of hydrogen-bond donors (Lipinski definition) is 2. The van der Waals surface area contributed by atoms with Gasteiger partial charge in [0.1, 0.15) is 5.52 Å². The summed E-state index contributed by atoms with van der Waals surface area (Å²) in [6.07, 6.45) is 5.43. The van der Waals surface area contributed by atoms with Crippen LogP contribution >= 0.6 is 11.3 Å². The summed E-state index contributed by atoms with van der Waals surface area (Å²) in [7, 11) is 0. The van der Waals surface area contributed by atoms with E-state index in [-0.39, 0.29) is 5.69 Å². The number of nitrogens with one attached hydrogen (secondary N) is 1. The van der Waals surface area contributed by atoms with Crippen molar-refractivity contribution in [2.45, 2.75) is 0 Å². The maximum absolute atomic E-state index is 11.0. The third kappa shape index (κ3) is 2.14. The van der Waals surface area contributed by atoms with E-state index in [9.17, 15) is 10.1 Å². The van der Waals surface area contributed by atoms with Gasteiger partial charge in [0.15, 0.2) is 5.13 Å². The van der Waals surface area contributed by atoms with Crippen LogP contribution in [0.3, 0.4) is 0 Å². The van der Waals surface area contributed by atoms with Crippen LogP contribution in [0.1, 0.15) is 11.3 Å². The molecule has 3 rings (SSSR count). The summed E-state index contributed by atoms with van der Waals surface area (Å²) in [5.74, 6) is 0. The molecule has 6 nitrogen and oxygen atoms in total. The van der Waals surface area contributed by atoms with E-state index < -0.39 is 4.92 Å². The minimum absolute atomic E-state index is 0.0695. The van der Waals surface area contributed by atoms with E-state index in [1.54, 1.807) is 12.3 Å². The van der Waals surface area contributed by atoms with Crippen molar-refractivity contribution in [3.63, 3.8) is 0 Å². The van der Waals surface area contributed by atoms with Crippen molar-refractivity contribution in [3.8, 4) is 0 Å². The third-order valence-electron chi connectivity index (χ3n) is 2.90. The number of rotatable bonds is 3. The van der Waals surface area contributed by atoms with Gasteiger partial charge >= 0.3 is 0 Å². The van der Waals surface area contributed by atoms with Crippen molar-refractivity contribution >= 4 is 45.2 Å². The first-order valence-electron chi connectivity index (χ1n) is 5.79. The monoisotopic (exact) mass is 286 g/mol. The van der Waals surface area contributed by atoms with Crippen molar-refractivity contribution in [1.82, 2.24) is 9.97 Å². The van der Waals surface area contributed by atoms with Crippen LogP contribution in [0.2, 0.25) is 0 Å². The summed E-state index contributed by atoms with van der Waals surface area (Å²) in [5, 5.41) is 14.1. The molecule has 20 heavy (non-hydrogen) atoms. The number of para-hydroxylation sites is 1. The van der Waals surface area contributed by atoms with Gasteiger partial charge in [-0.3, -0.25) is 10.1 Å². The molecule has 0 unspecified atom stereocenters. The van der Waals surface area contributed by atoms with Gasteiger partial charge < -0.3 is 10.7 Å². The Morgan fingerprint density at radius 1 is 1.40 bits per heavy atom. The molecule has 0 aliphatic rings. The van der Waals surface area contributed by atoms with E-state index in [1.807, 2.05) is 23.6 Å². The van der Waals surface area contributed by atoms with E-state index in [4.69, 9.17) is 5.73 Å². The van der Waals surface area contributed by atoms with Crippen LogP contribution in [-0.4, -0.2) is 14.9 Å². The fourth-order valence-electron chi connectivity index (χ4n) is 2.00. The molecule has 0 spiro atoms. The van der Waals surface area contributed by atoms with Crippen LogP contribution in [0.4, 0.5) is 10.8 Å². The average molecular weight is 286 g/mol. The van der Waals surface area contributed by atoms with E-state index in [1.165, 1.54) is 17.4 Å². The maximum Gasteiger partial charge on any atom is 0.293 e. The second kappa shape index (κ2) is 4.78. The Kier molecular flexibility index (Phi) is 2.96. The molecule has 0 saturated heterocycles. The van der Waals surface area contributed by atoms with E-state index in [0.29, 0.717) is 10.6 Å². The highest BCUT2D eigenvalue weighted by Gasteiger charge is 2.13. The number of fused-ring (bicyclic) bond motifs is 1. The number of nitrogens with zero attached hydrogens (tertiary/aromatic N) is 2. The number of aromatic amines is 1. The van der Waals surface area contributed by atoms with Gasteiger partial charge in [0, 0.05) is 28.6 Å². The summed E-state index contributed by atoms with van der Waals surface area (Å²) in [4.78, 5) is 17.6. The number of benzene rings is 1. The zero-order chi connectivity index (χ0) is 14.1. The normalized spacial score (nSPS) is 11.4. The number of nitrogen functional groups attached to an aromatic ring is 1. The highest BCUT2D eigenvalue weighted by Crippen LogP contribution is 2.28. The van der Waals surface area contributed by atoms with E-state index in [2.05, 4.69) is 9.97 Å². The molecular weight excluding hydrogens is 276 g/mol. The molecule has 100 valence electrons. The minimum Gasteiger partial charge on any atom is -0.375 e.